The fraction of sp³-hybridized carbons (Fsp3) is 0. The summed E-state index contributed by atoms with van der Waals surface area (Å²) < 4.78 is 4.47. The minimum atomic E-state index is 0.814. The van der Waals surface area contributed by atoms with E-state index < -0.39 is 0 Å². The van der Waals surface area contributed by atoms with Crippen LogP contribution in [0.25, 0.3) is 77.9 Å². The first-order chi connectivity index (χ1) is 21.8. The smallest absolute Gasteiger partial charge is 0.138 e. The maximum atomic E-state index is 5.12. The van der Waals surface area contributed by atoms with E-state index in [2.05, 4.69) is 105 Å². The summed E-state index contributed by atoms with van der Waals surface area (Å²) in [6.07, 6.45) is 5.61. The van der Waals surface area contributed by atoms with Crippen molar-refractivity contribution in [3.8, 4) is 34.2 Å². The zero-order valence-corrected chi connectivity index (χ0v) is 23.5. The van der Waals surface area contributed by atoms with Gasteiger partial charge in [-0.1, -0.05) is 60.7 Å². The summed E-state index contributed by atoms with van der Waals surface area (Å²) in [5, 5.41) is 3.40. The maximum absolute atomic E-state index is 5.12. The predicted molar refractivity (Wildman–Crippen MR) is 177 cm³/mol. The summed E-state index contributed by atoms with van der Waals surface area (Å²) in [5.74, 6) is 0.842. The molecule has 0 bridgehead atoms. The molecular weight excluding hydrogens is 540 g/mol. The number of rotatable bonds is 4. The van der Waals surface area contributed by atoms with Crippen LogP contribution in [0.3, 0.4) is 0 Å². The van der Waals surface area contributed by atoms with Crippen molar-refractivity contribution in [2.75, 3.05) is 0 Å². The number of nitrogens with zero attached hydrogens (tertiary/aromatic N) is 6. The van der Waals surface area contributed by atoms with Crippen molar-refractivity contribution in [2.45, 2.75) is 0 Å². The Hall–Kier alpha value is -6.14. The average molecular weight is 565 g/mol. The first-order valence-corrected chi connectivity index (χ1v) is 14.6. The van der Waals surface area contributed by atoms with Gasteiger partial charge in [-0.3, -0.25) is 14.5 Å². The van der Waals surface area contributed by atoms with Crippen LogP contribution in [0.4, 0.5) is 0 Å². The zero-order chi connectivity index (χ0) is 29.0. The lowest BCUT2D eigenvalue weighted by Crippen LogP contribution is -1.99. The Morgan fingerprint density at radius 1 is 0.455 bits per heavy atom. The largest absolute Gasteiger partial charge is 0.308 e. The van der Waals surface area contributed by atoms with Gasteiger partial charge < -0.3 is 4.57 Å². The molecule has 0 N–H and O–H groups in total. The van der Waals surface area contributed by atoms with E-state index >= 15 is 0 Å². The van der Waals surface area contributed by atoms with Gasteiger partial charge in [-0.2, -0.15) is 0 Å². The minimum absolute atomic E-state index is 0.814. The van der Waals surface area contributed by atoms with E-state index in [1.54, 1.807) is 0 Å². The van der Waals surface area contributed by atoms with Crippen molar-refractivity contribution in [1.82, 2.24) is 29.1 Å². The van der Waals surface area contributed by atoms with Gasteiger partial charge in [-0.05, 0) is 66.7 Å². The first kappa shape index (κ1) is 24.5. The second-order valence-electron chi connectivity index (χ2n) is 10.8. The third-order valence-corrected chi connectivity index (χ3v) is 8.28. The fourth-order valence-corrected chi connectivity index (χ4v) is 6.36. The average Bonchev–Trinajstić information content (AvgIpc) is 3.62. The quantitative estimate of drug-likeness (QED) is 0.214. The zero-order valence-electron chi connectivity index (χ0n) is 23.5. The molecule has 9 rings (SSSR count). The molecule has 0 fully saturated rings. The molecule has 0 spiro atoms. The molecule has 6 heteroatoms. The van der Waals surface area contributed by atoms with Gasteiger partial charge in [-0.15, -0.1) is 0 Å². The molecule has 0 aliphatic rings. The van der Waals surface area contributed by atoms with Gasteiger partial charge in [0.2, 0.25) is 0 Å². The second kappa shape index (κ2) is 9.71. The van der Waals surface area contributed by atoms with Crippen molar-refractivity contribution in [2.24, 2.45) is 0 Å². The van der Waals surface area contributed by atoms with Crippen LogP contribution in [0.1, 0.15) is 0 Å². The Morgan fingerprint density at radius 3 is 2.07 bits per heavy atom. The van der Waals surface area contributed by atoms with Gasteiger partial charge >= 0.3 is 0 Å². The lowest BCUT2D eigenvalue weighted by molar-refractivity contribution is 1.08. The number of para-hydroxylation sites is 2. The van der Waals surface area contributed by atoms with Crippen LogP contribution in [0, 0.1) is 0 Å². The normalized spacial score (nSPS) is 11.6. The molecule has 3 aromatic carbocycles. The number of fused-ring (bicyclic) bond motifs is 6. The van der Waals surface area contributed by atoms with Crippen molar-refractivity contribution in [3.63, 3.8) is 0 Å². The molecule has 0 unspecified atom stereocenters. The second-order valence-corrected chi connectivity index (χ2v) is 10.8. The van der Waals surface area contributed by atoms with E-state index in [4.69, 9.17) is 15.0 Å². The molecule has 9 aromatic rings. The molecule has 0 aliphatic heterocycles. The minimum Gasteiger partial charge on any atom is -0.308 e. The number of benzene rings is 3. The van der Waals surface area contributed by atoms with E-state index in [-0.39, 0.29) is 0 Å². The predicted octanol–water partition coefficient (Wildman–Crippen LogP) is 8.79. The van der Waals surface area contributed by atoms with Gasteiger partial charge in [-0.25, -0.2) is 9.97 Å². The Bertz CT molecular complexity index is 2240. The monoisotopic (exact) mass is 564 g/mol. The van der Waals surface area contributed by atoms with Crippen molar-refractivity contribution >= 4 is 43.7 Å². The van der Waals surface area contributed by atoms with Crippen molar-refractivity contribution in [1.29, 1.82) is 0 Å². The molecule has 0 radical (unpaired) electrons. The SMILES string of the molecule is c1cc(-c2cccc(-c3cccc(-n4c5ccccc5c5cnccc54)n3)n2)cc(-n2c3ccccc3c3ncccc32)c1. The number of pyridine rings is 4. The highest BCUT2D eigenvalue weighted by Crippen LogP contribution is 2.33. The van der Waals surface area contributed by atoms with E-state index in [0.717, 1.165) is 77.9 Å². The standard InChI is InChI=1S/C38H24N6/c1-3-16-33-27(11-1)29-24-39-22-20-35(29)44(33)37-19-7-15-32(42-37)31-14-6-13-30(41-31)25-9-5-10-26(23-25)43-34-17-4-2-12-28(34)38-36(43)18-8-21-40-38/h1-24H. The van der Waals surface area contributed by atoms with Crippen LogP contribution in [-0.2, 0) is 0 Å². The molecule has 0 aliphatic carbocycles. The van der Waals surface area contributed by atoms with Gasteiger partial charge in [0.1, 0.15) is 5.82 Å². The molecule has 0 saturated carbocycles. The molecule has 206 valence electrons. The lowest BCUT2D eigenvalue weighted by atomic mass is 10.1. The van der Waals surface area contributed by atoms with Gasteiger partial charge in [0.25, 0.3) is 0 Å². The van der Waals surface area contributed by atoms with Gasteiger partial charge in [0.15, 0.2) is 0 Å². The van der Waals surface area contributed by atoms with E-state index in [0.29, 0.717) is 0 Å². The number of hydrogen-bond donors (Lipinski definition) is 0. The van der Waals surface area contributed by atoms with Gasteiger partial charge in [0.05, 0.1) is 44.7 Å². The number of aromatic nitrogens is 6. The maximum Gasteiger partial charge on any atom is 0.138 e. The van der Waals surface area contributed by atoms with Crippen LogP contribution in [-0.4, -0.2) is 29.1 Å². The van der Waals surface area contributed by atoms with Crippen LogP contribution in [0.15, 0.2) is 146 Å². The highest BCUT2D eigenvalue weighted by Gasteiger charge is 2.15. The summed E-state index contributed by atoms with van der Waals surface area (Å²) in [4.78, 5) is 19.3. The molecule has 0 amide bonds. The van der Waals surface area contributed by atoms with E-state index in [1.807, 2.05) is 55.0 Å². The topological polar surface area (TPSA) is 61.4 Å². The summed E-state index contributed by atoms with van der Waals surface area (Å²) in [5.41, 5.74) is 9.99. The summed E-state index contributed by atoms with van der Waals surface area (Å²) >= 11 is 0. The highest BCUT2D eigenvalue weighted by atomic mass is 15.1. The third kappa shape index (κ3) is 3.75. The Kier molecular flexibility index (Phi) is 5.40. The molecule has 44 heavy (non-hydrogen) atoms. The Morgan fingerprint density at radius 2 is 1.16 bits per heavy atom. The molecule has 6 aromatic heterocycles. The molecule has 0 saturated heterocycles. The third-order valence-electron chi connectivity index (χ3n) is 8.28. The molecule has 6 nitrogen and oxygen atoms in total. The fourth-order valence-electron chi connectivity index (χ4n) is 6.36. The summed E-state index contributed by atoms with van der Waals surface area (Å²) in [7, 11) is 0. The van der Waals surface area contributed by atoms with Crippen LogP contribution >= 0.6 is 0 Å². The van der Waals surface area contributed by atoms with Crippen molar-refractivity contribution in [3.05, 3.63) is 146 Å². The van der Waals surface area contributed by atoms with E-state index in [1.165, 1.54) is 0 Å². The molecule has 0 atom stereocenters. The summed E-state index contributed by atoms with van der Waals surface area (Å²) in [6.45, 7) is 0. The first-order valence-electron chi connectivity index (χ1n) is 14.6. The lowest BCUT2D eigenvalue weighted by Gasteiger charge is -2.11. The Balaban J connectivity index is 1.15. The van der Waals surface area contributed by atoms with E-state index in [9.17, 15) is 0 Å². The van der Waals surface area contributed by atoms with Gasteiger partial charge in [0, 0.05) is 46.0 Å². The Labute approximate surface area is 252 Å². The van der Waals surface area contributed by atoms with Crippen molar-refractivity contribution < 1.29 is 0 Å². The summed E-state index contributed by atoms with van der Waals surface area (Å²) in [6, 6.07) is 43.7. The highest BCUT2D eigenvalue weighted by molar-refractivity contribution is 6.09. The molecular formula is C38H24N6. The van der Waals surface area contributed by atoms with Crippen LogP contribution in [0.5, 0.6) is 0 Å². The van der Waals surface area contributed by atoms with Crippen LogP contribution in [0.2, 0.25) is 0 Å². The number of hydrogen-bond acceptors (Lipinski definition) is 4. The van der Waals surface area contributed by atoms with Crippen LogP contribution < -0.4 is 0 Å². The molecule has 6 heterocycles.